The van der Waals surface area contributed by atoms with Gasteiger partial charge in [-0.2, -0.15) is 0 Å². The maximum absolute atomic E-state index is 13.3. The van der Waals surface area contributed by atoms with Crippen LogP contribution in [0.3, 0.4) is 0 Å². The fourth-order valence-corrected chi connectivity index (χ4v) is 4.56. The fraction of sp³-hybridized carbons (Fsp3) is 0.333. The summed E-state index contributed by atoms with van der Waals surface area (Å²) < 4.78 is 13.3. The number of thioether (sulfide) groups is 1. The van der Waals surface area contributed by atoms with E-state index in [0.717, 1.165) is 5.56 Å². The van der Waals surface area contributed by atoms with Crippen molar-refractivity contribution in [3.63, 3.8) is 0 Å². The molecule has 0 spiro atoms. The zero-order valence-corrected chi connectivity index (χ0v) is 17.3. The molecule has 1 fully saturated rings. The molecule has 0 unspecified atom stereocenters. The van der Waals surface area contributed by atoms with Gasteiger partial charge in [0.05, 0.1) is 0 Å². The van der Waals surface area contributed by atoms with Crippen LogP contribution in [-0.4, -0.2) is 35.1 Å². The van der Waals surface area contributed by atoms with E-state index < -0.39 is 6.04 Å². The Morgan fingerprint density at radius 3 is 2.43 bits per heavy atom. The molecule has 0 aromatic heterocycles. The van der Waals surface area contributed by atoms with Crippen molar-refractivity contribution in [3.05, 3.63) is 70.5 Å². The minimum absolute atomic E-state index is 0.173. The van der Waals surface area contributed by atoms with Crippen LogP contribution in [0.2, 0.25) is 5.02 Å². The van der Waals surface area contributed by atoms with Gasteiger partial charge in [-0.15, -0.1) is 11.8 Å². The van der Waals surface area contributed by atoms with Crippen LogP contribution >= 0.6 is 23.4 Å². The number of benzene rings is 2. The molecule has 1 heterocycles. The average Bonchev–Trinajstić information content (AvgIpc) is 3.11. The topological polar surface area (TPSA) is 49.4 Å². The molecule has 148 valence electrons. The largest absolute Gasteiger partial charge is 0.354 e. The molecule has 4 nitrogen and oxygen atoms in total. The number of carbonyl (C=O) groups is 2. The van der Waals surface area contributed by atoms with Gasteiger partial charge in [0.1, 0.15) is 17.2 Å². The van der Waals surface area contributed by atoms with Gasteiger partial charge in [-0.05, 0) is 47.9 Å². The van der Waals surface area contributed by atoms with Crippen molar-refractivity contribution in [1.29, 1.82) is 0 Å². The molecule has 0 radical (unpaired) electrons. The van der Waals surface area contributed by atoms with E-state index in [1.807, 2.05) is 13.8 Å². The molecule has 0 saturated carbocycles. The molecule has 1 N–H and O–H groups in total. The van der Waals surface area contributed by atoms with Crippen LogP contribution in [0, 0.1) is 11.7 Å². The van der Waals surface area contributed by atoms with Crippen LogP contribution in [-0.2, 0) is 4.79 Å². The number of rotatable bonds is 5. The normalized spacial score (nSPS) is 19.1. The van der Waals surface area contributed by atoms with Gasteiger partial charge in [-0.1, -0.05) is 37.6 Å². The third kappa shape index (κ3) is 4.67. The van der Waals surface area contributed by atoms with Crippen molar-refractivity contribution in [1.82, 2.24) is 10.2 Å². The lowest BCUT2D eigenvalue weighted by molar-refractivity contribution is -0.125. The van der Waals surface area contributed by atoms with E-state index in [9.17, 15) is 14.0 Å². The van der Waals surface area contributed by atoms with Crippen LogP contribution in [0.5, 0.6) is 0 Å². The first-order valence-corrected chi connectivity index (χ1v) is 10.5. The second-order valence-corrected chi connectivity index (χ2v) is 8.66. The highest BCUT2D eigenvalue weighted by atomic mass is 35.5. The molecule has 28 heavy (non-hydrogen) atoms. The molecule has 0 aliphatic carbocycles. The van der Waals surface area contributed by atoms with Gasteiger partial charge in [-0.3, -0.25) is 9.59 Å². The van der Waals surface area contributed by atoms with E-state index in [-0.39, 0.29) is 23.0 Å². The van der Waals surface area contributed by atoms with E-state index in [2.05, 4.69) is 5.32 Å². The molecular weight excluding hydrogens is 399 g/mol. The summed E-state index contributed by atoms with van der Waals surface area (Å²) in [5.74, 6) is 0.0272. The minimum Gasteiger partial charge on any atom is -0.354 e. The highest BCUT2D eigenvalue weighted by molar-refractivity contribution is 7.99. The maximum Gasteiger partial charge on any atom is 0.255 e. The van der Waals surface area contributed by atoms with E-state index in [1.165, 1.54) is 23.9 Å². The molecule has 7 heteroatoms. The number of nitrogens with zero attached hydrogens (tertiary/aromatic N) is 1. The second kappa shape index (κ2) is 8.97. The van der Waals surface area contributed by atoms with E-state index in [1.54, 1.807) is 41.3 Å². The Morgan fingerprint density at radius 2 is 1.82 bits per heavy atom. The fourth-order valence-electron chi connectivity index (χ4n) is 3.00. The predicted octanol–water partition coefficient (Wildman–Crippen LogP) is 4.51. The summed E-state index contributed by atoms with van der Waals surface area (Å²) in [4.78, 5) is 27.7. The Bertz CT molecular complexity index is 842. The molecule has 3 rings (SSSR count). The lowest BCUT2D eigenvalue weighted by Crippen LogP contribution is -2.48. The Morgan fingerprint density at radius 1 is 1.18 bits per heavy atom. The standard InChI is InChI=1S/C21H22ClFN2O2S/c1-13(2)11-24-19(26)18-12-28-21(15-5-9-17(23)10-6-15)25(18)20(27)14-3-7-16(22)8-4-14/h3-10,13,18,21H,11-12H2,1-2H3,(H,24,26)/t18-,21+/m0/s1. The first kappa shape index (κ1) is 20.7. The smallest absolute Gasteiger partial charge is 0.255 e. The van der Waals surface area contributed by atoms with Gasteiger partial charge in [0, 0.05) is 22.9 Å². The second-order valence-electron chi connectivity index (χ2n) is 7.11. The van der Waals surface area contributed by atoms with Gasteiger partial charge in [0.15, 0.2) is 0 Å². The summed E-state index contributed by atoms with van der Waals surface area (Å²) in [7, 11) is 0. The molecule has 1 aliphatic rings. The molecule has 1 aliphatic heterocycles. The number of nitrogens with one attached hydrogen (secondary N) is 1. The molecular formula is C21H22ClFN2O2S. The van der Waals surface area contributed by atoms with Crippen molar-refractivity contribution < 1.29 is 14.0 Å². The summed E-state index contributed by atoms with van der Waals surface area (Å²) in [5, 5.41) is 3.10. The van der Waals surface area contributed by atoms with Crippen LogP contribution in [0.1, 0.15) is 35.1 Å². The van der Waals surface area contributed by atoms with Crippen molar-refractivity contribution in [2.24, 2.45) is 5.92 Å². The highest BCUT2D eigenvalue weighted by Crippen LogP contribution is 2.42. The Labute approximate surface area is 173 Å². The van der Waals surface area contributed by atoms with Crippen molar-refractivity contribution in [3.8, 4) is 0 Å². The zero-order valence-electron chi connectivity index (χ0n) is 15.7. The Hall–Kier alpha value is -2.05. The monoisotopic (exact) mass is 420 g/mol. The van der Waals surface area contributed by atoms with Crippen LogP contribution in [0.15, 0.2) is 48.5 Å². The quantitative estimate of drug-likeness (QED) is 0.774. The first-order chi connectivity index (χ1) is 13.4. The molecule has 0 bridgehead atoms. The first-order valence-electron chi connectivity index (χ1n) is 9.10. The van der Waals surface area contributed by atoms with Gasteiger partial charge in [-0.25, -0.2) is 4.39 Å². The SMILES string of the molecule is CC(C)CNC(=O)[C@@H]1CS[C@H](c2ccc(F)cc2)N1C(=O)c1ccc(Cl)cc1. The molecule has 2 aromatic rings. The lowest BCUT2D eigenvalue weighted by Gasteiger charge is -2.29. The Balaban J connectivity index is 1.91. The van der Waals surface area contributed by atoms with E-state index in [0.29, 0.717) is 28.8 Å². The van der Waals surface area contributed by atoms with Crippen molar-refractivity contribution >= 4 is 35.2 Å². The van der Waals surface area contributed by atoms with Gasteiger partial charge >= 0.3 is 0 Å². The number of hydrogen-bond acceptors (Lipinski definition) is 3. The predicted molar refractivity (Wildman–Crippen MR) is 111 cm³/mol. The van der Waals surface area contributed by atoms with Gasteiger partial charge < -0.3 is 10.2 Å². The molecule has 2 aromatic carbocycles. The third-order valence-electron chi connectivity index (χ3n) is 4.47. The van der Waals surface area contributed by atoms with E-state index in [4.69, 9.17) is 11.6 Å². The summed E-state index contributed by atoms with van der Waals surface area (Å²) in [6.45, 7) is 4.58. The highest BCUT2D eigenvalue weighted by Gasteiger charge is 2.42. The lowest BCUT2D eigenvalue weighted by atomic mass is 10.1. The summed E-state index contributed by atoms with van der Waals surface area (Å²) in [6.07, 6.45) is 0. The molecule has 2 atom stereocenters. The number of hydrogen-bond donors (Lipinski definition) is 1. The Kier molecular flexibility index (Phi) is 6.62. The maximum atomic E-state index is 13.3. The molecule has 2 amide bonds. The van der Waals surface area contributed by atoms with Crippen LogP contribution < -0.4 is 5.32 Å². The van der Waals surface area contributed by atoms with Crippen LogP contribution in [0.25, 0.3) is 0 Å². The number of halogens is 2. The summed E-state index contributed by atoms with van der Waals surface area (Å²) >= 11 is 7.44. The average molecular weight is 421 g/mol. The third-order valence-corrected chi connectivity index (χ3v) is 6.04. The minimum atomic E-state index is -0.595. The van der Waals surface area contributed by atoms with Gasteiger partial charge in [0.25, 0.3) is 5.91 Å². The number of carbonyl (C=O) groups excluding carboxylic acids is 2. The molecule has 1 saturated heterocycles. The van der Waals surface area contributed by atoms with Gasteiger partial charge in [0.2, 0.25) is 5.91 Å². The van der Waals surface area contributed by atoms with Crippen molar-refractivity contribution in [2.75, 3.05) is 12.3 Å². The van der Waals surface area contributed by atoms with Crippen molar-refractivity contribution in [2.45, 2.75) is 25.3 Å². The van der Waals surface area contributed by atoms with Crippen LogP contribution in [0.4, 0.5) is 4.39 Å². The summed E-state index contributed by atoms with van der Waals surface area (Å²) in [5.41, 5.74) is 1.24. The zero-order chi connectivity index (χ0) is 20.3. The summed E-state index contributed by atoms with van der Waals surface area (Å²) in [6, 6.07) is 12.1. The number of amides is 2. The van der Waals surface area contributed by atoms with E-state index >= 15 is 0 Å².